The first kappa shape index (κ1) is 12.3. The second kappa shape index (κ2) is 5.03. The lowest BCUT2D eigenvalue weighted by atomic mass is 9.93. The first-order chi connectivity index (χ1) is 8.05. The van der Waals surface area contributed by atoms with E-state index in [0.29, 0.717) is 12.3 Å². The number of rotatable bonds is 3. The lowest BCUT2D eigenvalue weighted by molar-refractivity contribution is -0.157. The van der Waals surface area contributed by atoms with Crippen LogP contribution in [0.25, 0.3) is 0 Å². The molecule has 4 nitrogen and oxygen atoms in total. The van der Waals surface area contributed by atoms with Gasteiger partial charge in [0.05, 0.1) is 0 Å². The maximum absolute atomic E-state index is 12.2. The third kappa shape index (κ3) is 3.42. The normalized spacial score (nSPS) is 18.5. The summed E-state index contributed by atoms with van der Waals surface area (Å²) in [5, 5.41) is 9.65. The summed E-state index contributed by atoms with van der Waals surface area (Å²) >= 11 is 0. The quantitative estimate of drug-likeness (QED) is 0.890. The molecule has 2 heterocycles. The van der Waals surface area contributed by atoms with Gasteiger partial charge in [-0.2, -0.15) is 13.2 Å². The number of nitrogens with one attached hydrogen (secondary N) is 1. The highest BCUT2D eigenvalue weighted by Gasteiger charge is 2.38. The van der Waals surface area contributed by atoms with E-state index in [9.17, 15) is 13.2 Å². The lowest BCUT2D eigenvalue weighted by Crippen LogP contribution is -2.27. The average molecular weight is 249 g/mol. The summed E-state index contributed by atoms with van der Waals surface area (Å²) in [6.07, 6.45) is -1.20. The van der Waals surface area contributed by atoms with E-state index in [-0.39, 0.29) is 5.89 Å². The zero-order valence-electron chi connectivity index (χ0n) is 9.26. The minimum absolute atomic E-state index is 0.0795. The van der Waals surface area contributed by atoms with E-state index >= 15 is 0 Å². The van der Waals surface area contributed by atoms with Gasteiger partial charge in [-0.05, 0) is 38.3 Å². The largest absolute Gasteiger partial charge is 0.470 e. The zero-order chi connectivity index (χ0) is 12.3. The van der Waals surface area contributed by atoms with Crippen LogP contribution in [0.15, 0.2) is 4.42 Å². The monoisotopic (exact) mass is 249 g/mol. The Balaban J connectivity index is 1.84. The Kier molecular flexibility index (Phi) is 3.66. The van der Waals surface area contributed by atoms with E-state index in [1.165, 1.54) is 0 Å². The molecule has 1 saturated heterocycles. The minimum Gasteiger partial charge on any atom is -0.417 e. The van der Waals surface area contributed by atoms with Crippen LogP contribution in [0.2, 0.25) is 0 Å². The summed E-state index contributed by atoms with van der Waals surface area (Å²) in [5.41, 5.74) is 0. The first-order valence-electron chi connectivity index (χ1n) is 5.66. The number of piperidine rings is 1. The molecule has 1 fully saturated rings. The molecule has 0 radical (unpaired) electrons. The van der Waals surface area contributed by atoms with Gasteiger partial charge in [-0.3, -0.25) is 0 Å². The van der Waals surface area contributed by atoms with E-state index in [1.807, 2.05) is 0 Å². The molecule has 1 aliphatic rings. The van der Waals surface area contributed by atoms with Crippen LogP contribution in [0.1, 0.15) is 31.0 Å². The second-order valence-corrected chi connectivity index (χ2v) is 4.23. The van der Waals surface area contributed by atoms with Crippen molar-refractivity contribution >= 4 is 0 Å². The van der Waals surface area contributed by atoms with Gasteiger partial charge < -0.3 is 9.73 Å². The predicted octanol–water partition coefficient (Wildman–Crippen LogP) is 2.02. The van der Waals surface area contributed by atoms with E-state index in [0.717, 1.165) is 32.4 Å². The van der Waals surface area contributed by atoms with Crippen molar-refractivity contribution in [3.63, 3.8) is 0 Å². The van der Waals surface area contributed by atoms with Gasteiger partial charge in [0.1, 0.15) is 0 Å². The number of alkyl halides is 3. The Morgan fingerprint density at radius 3 is 2.53 bits per heavy atom. The van der Waals surface area contributed by atoms with E-state index in [1.54, 1.807) is 0 Å². The van der Waals surface area contributed by atoms with Crippen molar-refractivity contribution in [3.05, 3.63) is 11.8 Å². The molecule has 2 rings (SSSR count). The van der Waals surface area contributed by atoms with Crippen LogP contribution in [-0.2, 0) is 12.6 Å². The van der Waals surface area contributed by atoms with Gasteiger partial charge in [-0.15, -0.1) is 10.2 Å². The van der Waals surface area contributed by atoms with E-state index < -0.39 is 12.1 Å². The van der Waals surface area contributed by atoms with Crippen LogP contribution < -0.4 is 5.32 Å². The Labute approximate surface area is 96.6 Å². The number of aromatic nitrogens is 2. The smallest absolute Gasteiger partial charge is 0.417 e. The fraction of sp³-hybridized carbons (Fsp3) is 0.800. The Morgan fingerprint density at radius 2 is 1.94 bits per heavy atom. The van der Waals surface area contributed by atoms with Gasteiger partial charge in [-0.1, -0.05) is 0 Å². The second-order valence-electron chi connectivity index (χ2n) is 4.23. The summed E-state index contributed by atoms with van der Waals surface area (Å²) in [4.78, 5) is 0. The van der Waals surface area contributed by atoms with Gasteiger partial charge in [0.15, 0.2) is 0 Å². The summed E-state index contributed by atoms with van der Waals surface area (Å²) in [6, 6.07) is 0. The van der Waals surface area contributed by atoms with Gasteiger partial charge in [0.25, 0.3) is 0 Å². The Bertz CT molecular complexity index is 358. The molecule has 0 spiro atoms. The van der Waals surface area contributed by atoms with Gasteiger partial charge in [0, 0.05) is 6.42 Å². The van der Waals surface area contributed by atoms with Crippen molar-refractivity contribution < 1.29 is 17.6 Å². The van der Waals surface area contributed by atoms with Crippen molar-refractivity contribution in [1.29, 1.82) is 0 Å². The van der Waals surface area contributed by atoms with Crippen molar-refractivity contribution in [1.82, 2.24) is 15.5 Å². The third-order valence-corrected chi connectivity index (χ3v) is 2.93. The van der Waals surface area contributed by atoms with Crippen LogP contribution >= 0.6 is 0 Å². The maximum Gasteiger partial charge on any atom is 0.470 e. The van der Waals surface area contributed by atoms with Crippen molar-refractivity contribution in [3.8, 4) is 0 Å². The molecule has 0 unspecified atom stereocenters. The summed E-state index contributed by atoms with van der Waals surface area (Å²) in [7, 11) is 0. The lowest BCUT2D eigenvalue weighted by Gasteiger charge is -2.21. The topological polar surface area (TPSA) is 51.0 Å². The van der Waals surface area contributed by atoms with E-state index in [2.05, 4.69) is 19.9 Å². The molecular formula is C10H14F3N3O. The fourth-order valence-corrected chi connectivity index (χ4v) is 1.97. The minimum atomic E-state index is -4.54. The third-order valence-electron chi connectivity index (χ3n) is 2.93. The number of hydrogen-bond donors (Lipinski definition) is 1. The first-order valence-corrected chi connectivity index (χ1v) is 5.66. The van der Waals surface area contributed by atoms with Crippen molar-refractivity contribution in [2.45, 2.75) is 31.9 Å². The van der Waals surface area contributed by atoms with E-state index in [4.69, 9.17) is 0 Å². The van der Waals surface area contributed by atoms with Crippen LogP contribution in [0.4, 0.5) is 13.2 Å². The summed E-state index contributed by atoms with van der Waals surface area (Å²) in [5.74, 6) is -0.633. The average Bonchev–Trinajstić information content (AvgIpc) is 2.76. The molecule has 1 aliphatic heterocycles. The number of halogens is 3. The van der Waals surface area contributed by atoms with Crippen LogP contribution in [0.5, 0.6) is 0 Å². The molecular weight excluding hydrogens is 235 g/mol. The van der Waals surface area contributed by atoms with Crippen LogP contribution in [0.3, 0.4) is 0 Å². The predicted molar refractivity (Wildman–Crippen MR) is 53.2 cm³/mol. The summed E-state index contributed by atoms with van der Waals surface area (Å²) < 4.78 is 41.2. The zero-order valence-corrected chi connectivity index (χ0v) is 9.26. The molecule has 0 amide bonds. The standard InChI is InChI=1S/C10H14F3N3O/c11-10(12,13)9-16-15-8(17-9)2-1-7-3-5-14-6-4-7/h7,14H,1-6H2. The van der Waals surface area contributed by atoms with Crippen LogP contribution in [-0.4, -0.2) is 23.3 Å². The Morgan fingerprint density at radius 1 is 1.24 bits per heavy atom. The number of hydrogen-bond acceptors (Lipinski definition) is 4. The van der Waals surface area contributed by atoms with Crippen LogP contribution in [0, 0.1) is 5.92 Å². The highest BCUT2D eigenvalue weighted by Crippen LogP contribution is 2.28. The maximum atomic E-state index is 12.2. The number of nitrogens with zero attached hydrogens (tertiary/aromatic N) is 2. The summed E-state index contributed by atoms with van der Waals surface area (Å²) in [6.45, 7) is 1.95. The molecule has 1 aromatic rings. The van der Waals surface area contributed by atoms with Crippen molar-refractivity contribution in [2.75, 3.05) is 13.1 Å². The SMILES string of the molecule is FC(F)(F)c1nnc(CCC2CCNCC2)o1. The fourth-order valence-electron chi connectivity index (χ4n) is 1.97. The molecule has 17 heavy (non-hydrogen) atoms. The molecule has 0 atom stereocenters. The molecule has 0 saturated carbocycles. The number of aryl methyl sites for hydroxylation is 1. The molecule has 1 aromatic heterocycles. The highest BCUT2D eigenvalue weighted by atomic mass is 19.4. The van der Waals surface area contributed by atoms with Gasteiger partial charge in [-0.25, -0.2) is 0 Å². The molecule has 0 aromatic carbocycles. The molecule has 96 valence electrons. The molecule has 0 bridgehead atoms. The molecule has 0 aliphatic carbocycles. The highest BCUT2D eigenvalue weighted by molar-refractivity contribution is 4.87. The molecule has 1 N–H and O–H groups in total. The molecule has 7 heteroatoms. The van der Waals surface area contributed by atoms with Gasteiger partial charge >= 0.3 is 12.1 Å². The Hall–Kier alpha value is -1.11. The van der Waals surface area contributed by atoms with Crippen molar-refractivity contribution in [2.24, 2.45) is 5.92 Å². The van der Waals surface area contributed by atoms with Gasteiger partial charge in [0.2, 0.25) is 5.89 Å².